The van der Waals surface area contributed by atoms with Crippen molar-refractivity contribution in [2.24, 2.45) is 7.05 Å². The van der Waals surface area contributed by atoms with Crippen LogP contribution in [0.15, 0.2) is 24.5 Å². The van der Waals surface area contributed by atoms with Gasteiger partial charge in [-0.2, -0.15) is 10.4 Å². The molecule has 86 valence electrons. The summed E-state index contributed by atoms with van der Waals surface area (Å²) < 4.78 is 1.61. The van der Waals surface area contributed by atoms with Gasteiger partial charge in [-0.05, 0) is 12.1 Å². The van der Waals surface area contributed by atoms with Crippen LogP contribution < -0.4 is 11.1 Å². The molecule has 0 aliphatic heterocycles. The van der Waals surface area contributed by atoms with Crippen LogP contribution in [0.25, 0.3) is 0 Å². The lowest BCUT2D eigenvalue weighted by Crippen LogP contribution is -2.05. The minimum atomic E-state index is 0.529. The number of nitrogens with one attached hydrogen (secondary N) is 1. The van der Waals surface area contributed by atoms with Crippen molar-refractivity contribution in [3.05, 3.63) is 35.7 Å². The van der Waals surface area contributed by atoms with E-state index in [1.807, 2.05) is 0 Å². The molecule has 2 aromatic rings. The van der Waals surface area contributed by atoms with Gasteiger partial charge in [0.15, 0.2) is 0 Å². The fourth-order valence-corrected chi connectivity index (χ4v) is 1.41. The van der Waals surface area contributed by atoms with Gasteiger partial charge in [0.2, 0.25) is 0 Å². The highest BCUT2D eigenvalue weighted by Gasteiger charge is 2.04. The molecule has 0 saturated heterocycles. The number of nitrogens with two attached hydrogens (primary N) is 1. The molecule has 0 fully saturated rings. The predicted octanol–water partition coefficient (Wildman–Crippen LogP) is 0.881. The second-order valence-electron chi connectivity index (χ2n) is 3.57. The Morgan fingerprint density at radius 3 is 3.06 bits per heavy atom. The molecule has 0 saturated carbocycles. The maximum Gasteiger partial charge on any atom is 0.127 e. The van der Waals surface area contributed by atoms with E-state index in [0.717, 1.165) is 5.56 Å². The first-order chi connectivity index (χ1) is 8.20. The first-order valence-corrected chi connectivity index (χ1v) is 5.07. The van der Waals surface area contributed by atoms with Crippen LogP contribution in [0.5, 0.6) is 0 Å². The van der Waals surface area contributed by atoms with E-state index in [1.54, 1.807) is 36.3 Å². The number of nitriles is 1. The molecular formula is C11H12N6. The predicted molar refractivity (Wildman–Crippen MR) is 63.9 cm³/mol. The first-order valence-electron chi connectivity index (χ1n) is 5.07. The SMILES string of the molecule is Cn1ncc(CNc2cc(C#N)ccn2)c1N. The van der Waals surface area contributed by atoms with E-state index in [1.165, 1.54) is 0 Å². The van der Waals surface area contributed by atoms with Gasteiger partial charge < -0.3 is 11.1 Å². The summed E-state index contributed by atoms with van der Waals surface area (Å²) in [5.74, 6) is 1.27. The summed E-state index contributed by atoms with van der Waals surface area (Å²) in [4.78, 5) is 4.11. The average molecular weight is 228 g/mol. The standard InChI is InChI=1S/C11H12N6/c1-17-11(13)9(7-16-17)6-15-10-4-8(5-12)2-3-14-10/h2-4,7H,6,13H2,1H3,(H,14,15). The molecule has 0 amide bonds. The second kappa shape index (κ2) is 4.53. The number of nitrogens with zero attached hydrogens (tertiary/aromatic N) is 4. The maximum atomic E-state index is 8.76. The number of nitrogen functional groups attached to an aromatic ring is 1. The summed E-state index contributed by atoms with van der Waals surface area (Å²) >= 11 is 0. The monoisotopic (exact) mass is 228 g/mol. The smallest absolute Gasteiger partial charge is 0.127 e. The van der Waals surface area contributed by atoms with Crippen molar-refractivity contribution in [1.82, 2.24) is 14.8 Å². The van der Waals surface area contributed by atoms with Crippen molar-refractivity contribution >= 4 is 11.6 Å². The normalized spacial score (nSPS) is 9.88. The van der Waals surface area contributed by atoms with Gasteiger partial charge in [0.1, 0.15) is 11.6 Å². The Labute approximate surface area is 98.7 Å². The van der Waals surface area contributed by atoms with E-state index in [0.29, 0.717) is 23.7 Å². The van der Waals surface area contributed by atoms with Crippen LogP contribution in [-0.2, 0) is 13.6 Å². The van der Waals surface area contributed by atoms with Crippen molar-refractivity contribution < 1.29 is 0 Å². The van der Waals surface area contributed by atoms with Crippen LogP contribution in [0.3, 0.4) is 0 Å². The number of hydrogen-bond donors (Lipinski definition) is 2. The highest BCUT2D eigenvalue weighted by atomic mass is 15.3. The zero-order valence-electron chi connectivity index (χ0n) is 9.38. The summed E-state index contributed by atoms with van der Waals surface area (Å²) in [5, 5.41) is 15.9. The number of pyridine rings is 1. The van der Waals surface area contributed by atoms with Crippen LogP contribution in [-0.4, -0.2) is 14.8 Å². The van der Waals surface area contributed by atoms with Crippen molar-refractivity contribution in [1.29, 1.82) is 5.26 Å². The van der Waals surface area contributed by atoms with Gasteiger partial charge in [-0.15, -0.1) is 0 Å². The van der Waals surface area contributed by atoms with Crippen molar-refractivity contribution in [2.45, 2.75) is 6.54 Å². The molecule has 0 spiro atoms. The van der Waals surface area contributed by atoms with E-state index < -0.39 is 0 Å². The summed E-state index contributed by atoms with van der Waals surface area (Å²) in [5.41, 5.74) is 7.28. The molecule has 0 aromatic carbocycles. The van der Waals surface area contributed by atoms with Crippen LogP contribution in [0.1, 0.15) is 11.1 Å². The fraction of sp³-hybridized carbons (Fsp3) is 0.182. The maximum absolute atomic E-state index is 8.76. The van der Waals surface area contributed by atoms with Gasteiger partial charge in [-0.25, -0.2) is 4.98 Å². The molecule has 2 rings (SSSR count). The van der Waals surface area contributed by atoms with E-state index >= 15 is 0 Å². The zero-order valence-corrected chi connectivity index (χ0v) is 9.38. The Kier molecular flexibility index (Phi) is 2.92. The Morgan fingerprint density at radius 1 is 1.59 bits per heavy atom. The Hall–Kier alpha value is -2.55. The van der Waals surface area contributed by atoms with Crippen molar-refractivity contribution in [3.8, 4) is 6.07 Å². The molecule has 0 aliphatic rings. The summed E-state index contributed by atoms with van der Waals surface area (Å²) in [7, 11) is 1.79. The molecule has 17 heavy (non-hydrogen) atoms. The fourth-order valence-electron chi connectivity index (χ4n) is 1.41. The van der Waals surface area contributed by atoms with Gasteiger partial charge in [-0.1, -0.05) is 0 Å². The molecule has 6 heteroatoms. The molecule has 0 aliphatic carbocycles. The molecule has 0 atom stereocenters. The van der Waals surface area contributed by atoms with Crippen LogP contribution in [0, 0.1) is 11.3 Å². The minimum absolute atomic E-state index is 0.529. The van der Waals surface area contributed by atoms with Gasteiger partial charge in [0, 0.05) is 25.4 Å². The molecule has 0 radical (unpaired) electrons. The lowest BCUT2D eigenvalue weighted by molar-refractivity contribution is 0.778. The number of hydrogen-bond acceptors (Lipinski definition) is 5. The van der Waals surface area contributed by atoms with Crippen LogP contribution >= 0.6 is 0 Å². The topological polar surface area (TPSA) is 92.5 Å². The van der Waals surface area contributed by atoms with Gasteiger partial charge in [0.05, 0.1) is 17.8 Å². The Morgan fingerprint density at radius 2 is 2.41 bits per heavy atom. The largest absolute Gasteiger partial charge is 0.384 e. The van der Waals surface area contributed by atoms with Crippen LogP contribution in [0.2, 0.25) is 0 Å². The first kappa shape index (κ1) is 11.0. The van der Waals surface area contributed by atoms with Gasteiger partial charge >= 0.3 is 0 Å². The van der Waals surface area contributed by atoms with E-state index in [-0.39, 0.29) is 0 Å². The molecule has 2 aromatic heterocycles. The minimum Gasteiger partial charge on any atom is -0.384 e. The molecule has 6 nitrogen and oxygen atoms in total. The van der Waals surface area contributed by atoms with Gasteiger partial charge in [-0.3, -0.25) is 4.68 Å². The number of anilines is 2. The summed E-state index contributed by atoms with van der Waals surface area (Å²) in [6.07, 6.45) is 3.30. The van der Waals surface area contributed by atoms with E-state index in [9.17, 15) is 0 Å². The number of aromatic nitrogens is 3. The molecule has 3 N–H and O–H groups in total. The Balaban J connectivity index is 2.07. The molecule has 2 heterocycles. The third-order valence-electron chi connectivity index (χ3n) is 2.41. The number of rotatable bonds is 3. The second-order valence-corrected chi connectivity index (χ2v) is 3.57. The van der Waals surface area contributed by atoms with Gasteiger partial charge in [0.25, 0.3) is 0 Å². The lowest BCUT2D eigenvalue weighted by Gasteiger charge is -2.04. The number of aryl methyl sites for hydroxylation is 1. The van der Waals surface area contributed by atoms with Crippen molar-refractivity contribution in [2.75, 3.05) is 11.1 Å². The van der Waals surface area contributed by atoms with E-state index in [2.05, 4.69) is 21.5 Å². The van der Waals surface area contributed by atoms with Crippen LogP contribution in [0.4, 0.5) is 11.6 Å². The third kappa shape index (κ3) is 2.34. The summed E-state index contributed by atoms with van der Waals surface area (Å²) in [6, 6.07) is 5.40. The molecular weight excluding hydrogens is 216 g/mol. The lowest BCUT2D eigenvalue weighted by atomic mass is 10.3. The Bertz CT molecular complexity index is 566. The highest BCUT2D eigenvalue weighted by Crippen LogP contribution is 2.12. The third-order valence-corrected chi connectivity index (χ3v) is 2.41. The average Bonchev–Trinajstić information content (AvgIpc) is 2.68. The highest BCUT2D eigenvalue weighted by molar-refractivity contribution is 5.45. The van der Waals surface area contributed by atoms with Crippen molar-refractivity contribution in [3.63, 3.8) is 0 Å². The molecule has 0 unspecified atom stereocenters. The summed E-state index contributed by atoms with van der Waals surface area (Å²) in [6.45, 7) is 0.529. The zero-order chi connectivity index (χ0) is 12.3. The quantitative estimate of drug-likeness (QED) is 0.813. The van der Waals surface area contributed by atoms with E-state index in [4.69, 9.17) is 11.0 Å². The molecule has 0 bridgehead atoms.